The first-order valence-corrected chi connectivity index (χ1v) is 12.0. The second-order valence-corrected chi connectivity index (χ2v) is 9.17. The summed E-state index contributed by atoms with van der Waals surface area (Å²) in [6.07, 6.45) is 5.22. The molecule has 0 spiro atoms. The van der Waals surface area contributed by atoms with Crippen LogP contribution in [0.1, 0.15) is 30.0 Å². The Hall–Kier alpha value is -3.76. The number of hydrogen-bond donors (Lipinski definition) is 1. The van der Waals surface area contributed by atoms with E-state index in [9.17, 15) is 4.79 Å². The van der Waals surface area contributed by atoms with Gasteiger partial charge in [-0.15, -0.1) is 0 Å². The van der Waals surface area contributed by atoms with Gasteiger partial charge in [-0.25, -0.2) is 14.8 Å². The van der Waals surface area contributed by atoms with Crippen LogP contribution in [-0.4, -0.2) is 82.4 Å². The highest BCUT2D eigenvalue weighted by atomic mass is 16.5. The highest BCUT2D eigenvalue weighted by molar-refractivity contribution is 5.97. The van der Waals surface area contributed by atoms with Crippen molar-refractivity contribution in [3.8, 4) is 28.5 Å². The van der Waals surface area contributed by atoms with Crippen molar-refractivity contribution in [2.24, 2.45) is 0 Å². The van der Waals surface area contributed by atoms with Crippen LogP contribution >= 0.6 is 0 Å². The number of H-pyrrole nitrogens is 1. The lowest BCUT2D eigenvalue weighted by Gasteiger charge is -2.36. The van der Waals surface area contributed by atoms with Gasteiger partial charge in [-0.1, -0.05) is 0 Å². The molecule has 0 aliphatic carbocycles. The molecule has 0 unspecified atom stereocenters. The molecule has 10 nitrogen and oxygen atoms in total. The number of rotatable bonds is 7. The molecule has 1 saturated heterocycles. The number of nitrogens with zero attached hydrogens (tertiary/aromatic N) is 5. The molecule has 3 aromatic heterocycles. The van der Waals surface area contributed by atoms with E-state index >= 15 is 0 Å². The lowest BCUT2D eigenvalue weighted by molar-refractivity contribution is 0.0596. The van der Waals surface area contributed by atoms with Gasteiger partial charge >= 0.3 is 5.97 Å². The molecule has 0 atom stereocenters. The van der Waals surface area contributed by atoms with Crippen molar-refractivity contribution >= 4 is 16.9 Å². The lowest BCUT2D eigenvalue weighted by atomic mass is 10.00. The molecule has 1 aromatic carbocycles. The molecule has 5 rings (SSSR count). The van der Waals surface area contributed by atoms with Gasteiger partial charge in [-0.3, -0.25) is 14.9 Å². The van der Waals surface area contributed by atoms with Crippen LogP contribution < -0.4 is 4.74 Å². The summed E-state index contributed by atoms with van der Waals surface area (Å²) in [7, 11) is 2.79. The van der Waals surface area contributed by atoms with E-state index in [1.54, 1.807) is 24.7 Å². The maximum atomic E-state index is 12.3. The number of oxazole rings is 1. The Labute approximate surface area is 209 Å². The second-order valence-electron chi connectivity index (χ2n) is 9.17. The molecule has 4 heterocycles. The number of aromatic nitrogens is 4. The number of nitrogens with one attached hydrogen (secondary N) is 1. The van der Waals surface area contributed by atoms with Gasteiger partial charge in [-0.2, -0.15) is 5.10 Å². The summed E-state index contributed by atoms with van der Waals surface area (Å²) in [5.41, 5.74) is 3.43. The van der Waals surface area contributed by atoms with Crippen LogP contribution in [0.2, 0.25) is 0 Å². The van der Waals surface area contributed by atoms with Gasteiger partial charge in [0.05, 0.1) is 38.7 Å². The number of hydrogen-bond acceptors (Lipinski definition) is 9. The van der Waals surface area contributed by atoms with Gasteiger partial charge in [-0.05, 0) is 37.6 Å². The third-order valence-corrected chi connectivity index (χ3v) is 6.64. The Bertz CT molecular complexity index is 1370. The number of ether oxygens (including phenoxy) is 2. The number of methoxy groups -OCH3 is 2. The van der Waals surface area contributed by atoms with E-state index in [1.165, 1.54) is 14.2 Å². The van der Waals surface area contributed by atoms with E-state index in [4.69, 9.17) is 13.9 Å². The molecular formula is C26H30N6O4. The highest BCUT2D eigenvalue weighted by Gasteiger charge is 2.21. The molecule has 4 aromatic rings. The molecule has 1 fully saturated rings. The minimum absolute atomic E-state index is 0.208. The van der Waals surface area contributed by atoms with Gasteiger partial charge in [0.2, 0.25) is 11.8 Å². The quantitative estimate of drug-likeness (QED) is 0.389. The number of piperazine rings is 1. The third kappa shape index (κ3) is 4.69. The molecule has 0 saturated carbocycles. The Balaban J connectivity index is 1.44. The van der Waals surface area contributed by atoms with Gasteiger partial charge in [0.25, 0.3) is 0 Å². The summed E-state index contributed by atoms with van der Waals surface area (Å²) >= 11 is 0. The van der Waals surface area contributed by atoms with Crippen LogP contribution in [-0.2, 0) is 11.3 Å². The first-order valence-electron chi connectivity index (χ1n) is 12.0. The summed E-state index contributed by atoms with van der Waals surface area (Å²) in [5.74, 6) is 1.04. The third-order valence-electron chi connectivity index (χ3n) is 6.64. The Morgan fingerprint density at radius 2 is 1.86 bits per heavy atom. The normalized spacial score (nSPS) is 15.0. The van der Waals surface area contributed by atoms with E-state index in [0.29, 0.717) is 11.9 Å². The van der Waals surface area contributed by atoms with Gasteiger partial charge in [0.15, 0.2) is 0 Å². The van der Waals surface area contributed by atoms with Gasteiger partial charge < -0.3 is 13.9 Å². The van der Waals surface area contributed by atoms with Crippen molar-refractivity contribution in [3.63, 3.8) is 0 Å². The molecule has 0 amide bonds. The van der Waals surface area contributed by atoms with E-state index in [0.717, 1.165) is 66.1 Å². The number of fused-ring (bicyclic) bond motifs is 1. The van der Waals surface area contributed by atoms with E-state index in [2.05, 4.69) is 43.8 Å². The van der Waals surface area contributed by atoms with Crippen molar-refractivity contribution in [1.29, 1.82) is 0 Å². The fraction of sp³-hybridized carbons (Fsp3) is 0.385. The largest absolute Gasteiger partial charge is 0.480 e. The van der Waals surface area contributed by atoms with Crippen LogP contribution in [0.25, 0.3) is 33.5 Å². The zero-order chi connectivity index (χ0) is 25.2. The predicted octanol–water partition coefficient (Wildman–Crippen LogP) is 3.60. The van der Waals surface area contributed by atoms with Gasteiger partial charge in [0.1, 0.15) is 11.3 Å². The van der Waals surface area contributed by atoms with Crippen molar-refractivity contribution in [3.05, 3.63) is 48.1 Å². The summed E-state index contributed by atoms with van der Waals surface area (Å²) in [4.78, 5) is 26.0. The highest BCUT2D eigenvalue weighted by Crippen LogP contribution is 2.34. The average Bonchev–Trinajstić information content (AvgIpc) is 3.57. The SMILES string of the molecule is COC(=O)c1cc(-c2cc(-c3ncc(CN4CCN(C(C)C)CC4)o3)c3cn[nH]c3c2)cnc1OC. The van der Waals surface area contributed by atoms with Crippen molar-refractivity contribution in [1.82, 2.24) is 30.0 Å². The monoisotopic (exact) mass is 490 g/mol. The first-order chi connectivity index (χ1) is 17.5. The Kier molecular flexibility index (Phi) is 6.71. The smallest absolute Gasteiger partial charge is 0.343 e. The summed E-state index contributed by atoms with van der Waals surface area (Å²) < 4.78 is 16.3. The Morgan fingerprint density at radius 3 is 2.58 bits per heavy atom. The molecule has 188 valence electrons. The fourth-order valence-electron chi connectivity index (χ4n) is 4.59. The maximum absolute atomic E-state index is 12.3. The van der Waals surface area contributed by atoms with Crippen molar-refractivity contribution < 1.29 is 18.7 Å². The maximum Gasteiger partial charge on any atom is 0.343 e. The molecule has 1 N–H and O–H groups in total. The van der Waals surface area contributed by atoms with Crippen LogP contribution in [0.5, 0.6) is 5.88 Å². The molecular weight excluding hydrogens is 460 g/mol. The van der Waals surface area contributed by atoms with Crippen molar-refractivity contribution in [2.45, 2.75) is 26.4 Å². The average molecular weight is 491 g/mol. The molecule has 10 heteroatoms. The molecule has 1 aliphatic heterocycles. The zero-order valence-electron chi connectivity index (χ0n) is 20.9. The molecule has 0 radical (unpaired) electrons. The van der Waals surface area contributed by atoms with Crippen LogP contribution in [0.4, 0.5) is 0 Å². The topological polar surface area (TPSA) is 110 Å². The zero-order valence-corrected chi connectivity index (χ0v) is 20.9. The van der Waals surface area contributed by atoms with Crippen LogP contribution in [0.15, 0.2) is 41.2 Å². The number of carbonyl (C=O) groups excluding carboxylic acids is 1. The molecule has 0 bridgehead atoms. The molecule has 36 heavy (non-hydrogen) atoms. The Morgan fingerprint density at radius 1 is 1.06 bits per heavy atom. The number of pyridine rings is 1. The van der Waals surface area contributed by atoms with Gasteiger partial charge in [0, 0.05) is 54.9 Å². The predicted molar refractivity (Wildman–Crippen MR) is 135 cm³/mol. The van der Waals surface area contributed by atoms with E-state index in [1.807, 2.05) is 12.1 Å². The fourth-order valence-corrected chi connectivity index (χ4v) is 4.59. The number of carbonyl (C=O) groups is 1. The summed E-state index contributed by atoms with van der Waals surface area (Å²) in [6, 6.07) is 6.20. The van der Waals surface area contributed by atoms with E-state index in [-0.39, 0.29) is 11.4 Å². The number of esters is 1. The first kappa shape index (κ1) is 24.0. The minimum atomic E-state index is -0.518. The summed E-state index contributed by atoms with van der Waals surface area (Å²) in [6.45, 7) is 9.31. The summed E-state index contributed by atoms with van der Waals surface area (Å²) in [5, 5.41) is 8.14. The number of aromatic amines is 1. The van der Waals surface area contributed by atoms with Crippen LogP contribution in [0, 0.1) is 0 Å². The van der Waals surface area contributed by atoms with Crippen LogP contribution in [0.3, 0.4) is 0 Å². The molecule has 1 aliphatic rings. The van der Waals surface area contributed by atoms with Crippen molar-refractivity contribution in [2.75, 3.05) is 40.4 Å². The minimum Gasteiger partial charge on any atom is -0.480 e. The second kappa shape index (κ2) is 10.1. The number of benzene rings is 1. The van der Waals surface area contributed by atoms with E-state index < -0.39 is 5.97 Å². The lowest BCUT2D eigenvalue weighted by Crippen LogP contribution is -2.48. The standard InChI is InChI=1S/C26H30N6O4/c1-16(2)32-7-5-31(6-8-32)15-19-13-28-25(36-19)20-9-17(11-23-22(20)14-29-30-23)18-10-21(26(33)35-4)24(34-3)27-12-18/h9-14,16H,5-8,15H2,1-4H3,(H,29,30).